The number of aryl methyl sites for hydroxylation is 3. The molecule has 1 unspecified atom stereocenters. The van der Waals surface area contributed by atoms with Crippen LogP contribution in [0.4, 0.5) is 4.39 Å². The van der Waals surface area contributed by atoms with Crippen LogP contribution in [0.2, 0.25) is 0 Å². The van der Waals surface area contributed by atoms with Gasteiger partial charge in [0.15, 0.2) is 0 Å². The Morgan fingerprint density at radius 3 is 2.50 bits per heavy atom. The van der Waals surface area contributed by atoms with Crippen LogP contribution in [-0.4, -0.2) is 0 Å². The van der Waals surface area contributed by atoms with Gasteiger partial charge in [-0.25, -0.2) is 4.39 Å². The van der Waals surface area contributed by atoms with Crippen molar-refractivity contribution in [3.63, 3.8) is 0 Å². The summed E-state index contributed by atoms with van der Waals surface area (Å²) in [4.78, 5) is 0. The van der Waals surface area contributed by atoms with Crippen LogP contribution in [0, 0.1) is 12.7 Å². The summed E-state index contributed by atoms with van der Waals surface area (Å²) in [5.41, 5.74) is 5.28. The molecule has 0 aliphatic heterocycles. The van der Waals surface area contributed by atoms with Gasteiger partial charge in [0.25, 0.3) is 0 Å². The summed E-state index contributed by atoms with van der Waals surface area (Å²) in [7, 11) is 0. The van der Waals surface area contributed by atoms with Gasteiger partial charge >= 0.3 is 0 Å². The highest BCUT2D eigenvalue weighted by Crippen LogP contribution is 2.33. The third kappa shape index (κ3) is 2.60. The molecule has 104 valence electrons. The number of rotatable bonds is 2. The summed E-state index contributed by atoms with van der Waals surface area (Å²) >= 11 is 6.49. The van der Waals surface area contributed by atoms with Crippen LogP contribution in [0.3, 0.4) is 0 Å². The van der Waals surface area contributed by atoms with E-state index in [0.29, 0.717) is 5.56 Å². The molecule has 0 saturated carbocycles. The van der Waals surface area contributed by atoms with Gasteiger partial charge in [-0.15, -0.1) is 11.6 Å². The summed E-state index contributed by atoms with van der Waals surface area (Å²) in [6, 6.07) is 11.6. The monoisotopic (exact) mass is 288 g/mol. The highest BCUT2D eigenvalue weighted by Gasteiger charge is 2.17. The fourth-order valence-corrected chi connectivity index (χ4v) is 3.24. The second-order valence-corrected chi connectivity index (χ2v) is 6.06. The Hall–Kier alpha value is -1.34. The molecule has 1 atom stereocenters. The first-order valence-electron chi connectivity index (χ1n) is 7.17. The highest BCUT2D eigenvalue weighted by atomic mass is 35.5. The number of hydrogen-bond donors (Lipinski definition) is 0. The molecule has 0 N–H and O–H groups in total. The summed E-state index contributed by atoms with van der Waals surface area (Å²) in [5, 5.41) is -0.414. The number of hydrogen-bond acceptors (Lipinski definition) is 0. The lowest BCUT2D eigenvalue weighted by molar-refractivity contribution is 0.611. The van der Waals surface area contributed by atoms with Gasteiger partial charge in [0, 0.05) is 5.56 Å². The molecule has 0 fully saturated rings. The van der Waals surface area contributed by atoms with Gasteiger partial charge in [0.1, 0.15) is 5.82 Å². The standard InChI is InChI=1S/C18H18ClF/c1-12-6-9-16(17(20)10-12)18(19)15-8-7-13-4-2-3-5-14(13)11-15/h6-11,18H,2-5H2,1H3. The van der Waals surface area contributed by atoms with Gasteiger partial charge in [-0.3, -0.25) is 0 Å². The predicted molar refractivity (Wildman–Crippen MR) is 81.9 cm³/mol. The number of alkyl halides is 1. The SMILES string of the molecule is Cc1ccc(C(Cl)c2ccc3c(c2)CCCC3)c(F)c1. The lowest BCUT2D eigenvalue weighted by Gasteiger charge is -2.19. The number of halogens is 2. The van der Waals surface area contributed by atoms with Crippen molar-refractivity contribution in [1.29, 1.82) is 0 Å². The first kappa shape index (κ1) is 13.6. The van der Waals surface area contributed by atoms with E-state index in [2.05, 4.69) is 12.1 Å². The molecule has 2 aromatic rings. The first-order chi connectivity index (χ1) is 9.65. The van der Waals surface area contributed by atoms with Crippen molar-refractivity contribution in [2.45, 2.75) is 38.0 Å². The molecule has 0 saturated heterocycles. The molecule has 0 spiro atoms. The zero-order chi connectivity index (χ0) is 14.1. The zero-order valence-electron chi connectivity index (χ0n) is 11.6. The lowest BCUT2D eigenvalue weighted by Crippen LogP contribution is -2.05. The molecule has 0 amide bonds. The molecule has 0 bridgehead atoms. The largest absolute Gasteiger partial charge is 0.207 e. The van der Waals surface area contributed by atoms with Gasteiger partial charge in [-0.05, 0) is 60.9 Å². The normalized spacial score (nSPS) is 15.8. The molecule has 2 aromatic carbocycles. The lowest BCUT2D eigenvalue weighted by atomic mass is 9.89. The number of fused-ring (bicyclic) bond motifs is 1. The van der Waals surface area contributed by atoms with E-state index in [0.717, 1.165) is 24.0 Å². The van der Waals surface area contributed by atoms with Gasteiger partial charge < -0.3 is 0 Å². The highest BCUT2D eigenvalue weighted by molar-refractivity contribution is 6.22. The molecular weight excluding hydrogens is 271 g/mol. The Labute approximate surface area is 124 Å². The van der Waals surface area contributed by atoms with E-state index in [4.69, 9.17) is 11.6 Å². The maximum atomic E-state index is 14.0. The minimum atomic E-state index is -0.414. The van der Waals surface area contributed by atoms with E-state index in [1.807, 2.05) is 19.1 Å². The predicted octanol–water partition coefficient (Wildman–Crippen LogP) is 5.34. The van der Waals surface area contributed by atoms with E-state index in [1.165, 1.54) is 24.0 Å². The summed E-state index contributed by atoms with van der Waals surface area (Å²) in [6.07, 6.45) is 4.77. The van der Waals surface area contributed by atoms with Gasteiger partial charge in [0.05, 0.1) is 5.38 Å². The topological polar surface area (TPSA) is 0 Å². The van der Waals surface area contributed by atoms with Crippen molar-refractivity contribution in [1.82, 2.24) is 0 Å². The molecule has 2 heteroatoms. The number of benzene rings is 2. The maximum absolute atomic E-state index is 14.0. The van der Waals surface area contributed by atoms with E-state index >= 15 is 0 Å². The Morgan fingerprint density at radius 2 is 1.75 bits per heavy atom. The quantitative estimate of drug-likeness (QED) is 0.654. The summed E-state index contributed by atoms with van der Waals surface area (Å²) in [6.45, 7) is 1.88. The van der Waals surface area contributed by atoms with Gasteiger partial charge in [-0.1, -0.05) is 30.3 Å². The van der Waals surface area contributed by atoms with Crippen LogP contribution in [0.1, 0.15) is 46.0 Å². The molecule has 0 radical (unpaired) electrons. The van der Waals surface area contributed by atoms with Crippen molar-refractivity contribution in [2.24, 2.45) is 0 Å². The Morgan fingerprint density at radius 1 is 1.00 bits per heavy atom. The molecule has 20 heavy (non-hydrogen) atoms. The molecule has 3 rings (SSSR count). The Bertz CT molecular complexity index is 633. The average Bonchev–Trinajstić information content (AvgIpc) is 2.46. The maximum Gasteiger partial charge on any atom is 0.128 e. The fourth-order valence-electron chi connectivity index (χ4n) is 2.93. The third-order valence-corrected chi connectivity index (χ3v) is 4.58. The second kappa shape index (κ2) is 5.57. The first-order valence-corrected chi connectivity index (χ1v) is 7.60. The van der Waals surface area contributed by atoms with E-state index in [1.54, 1.807) is 12.1 Å². The minimum absolute atomic E-state index is 0.220. The van der Waals surface area contributed by atoms with Crippen molar-refractivity contribution < 1.29 is 4.39 Å². The van der Waals surface area contributed by atoms with Crippen LogP contribution in [-0.2, 0) is 12.8 Å². The van der Waals surface area contributed by atoms with Crippen LogP contribution in [0.15, 0.2) is 36.4 Å². The molecule has 1 aliphatic carbocycles. The zero-order valence-corrected chi connectivity index (χ0v) is 12.4. The molecule has 0 aromatic heterocycles. The molecular formula is C18H18ClF. The van der Waals surface area contributed by atoms with Crippen molar-refractivity contribution in [2.75, 3.05) is 0 Å². The third-order valence-electron chi connectivity index (χ3n) is 4.09. The van der Waals surface area contributed by atoms with Gasteiger partial charge in [0.2, 0.25) is 0 Å². The van der Waals surface area contributed by atoms with Crippen molar-refractivity contribution in [3.8, 4) is 0 Å². The average molecular weight is 289 g/mol. The van der Waals surface area contributed by atoms with E-state index in [9.17, 15) is 4.39 Å². The molecule has 0 heterocycles. The van der Waals surface area contributed by atoms with Crippen molar-refractivity contribution in [3.05, 3.63) is 70.0 Å². The smallest absolute Gasteiger partial charge is 0.128 e. The van der Waals surface area contributed by atoms with Crippen LogP contribution in [0.5, 0.6) is 0 Å². The molecule has 1 aliphatic rings. The fraction of sp³-hybridized carbons (Fsp3) is 0.333. The van der Waals surface area contributed by atoms with Crippen LogP contribution in [0.25, 0.3) is 0 Å². The van der Waals surface area contributed by atoms with Crippen LogP contribution >= 0.6 is 11.6 Å². The van der Waals surface area contributed by atoms with Crippen LogP contribution < -0.4 is 0 Å². The summed E-state index contributed by atoms with van der Waals surface area (Å²) in [5.74, 6) is -0.220. The Balaban J connectivity index is 1.95. The van der Waals surface area contributed by atoms with Crippen molar-refractivity contribution >= 4 is 11.6 Å². The summed E-state index contributed by atoms with van der Waals surface area (Å²) < 4.78 is 14.0. The van der Waals surface area contributed by atoms with Gasteiger partial charge in [-0.2, -0.15) is 0 Å². The Kier molecular flexibility index (Phi) is 3.80. The molecule has 0 nitrogen and oxygen atoms in total. The second-order valence-electron chi connectivity index (χ2n) is 5.62. The van der Waals surface area contributed by atoms with E-state index < -0.39 is 5.38 Å². The van der Waals surface area contributed by atoms with E-state index in [-0.39, 0.29) is 5.82 Å². The minimum Gasteiger partial charge on any atom is -0.207 e.